The van der Waals surface area contributed by atoms with Crippen LogP contribution in [0.15, 0.2) is 24.3 Å². The molecule has 1 saturated carbocycles. The van der Waals surface area contributed by atoms with Crippen LogP contribution in [0, 0.1) is 6.92 Å². The molecule has 1 fully saturated rings. The van der Waals surface area contributed by atoms with E-state index in [0.717, 1.165) is 24.0 Å². The van der Waals surface area contributed by atoms with Gasteiger partial charge >= 0.3 is 0 Å². The molecule has 2 rings (SSSR count). The Morgan fingerprint density at radius 1 is 1.12 bits per heavy atom. The summed E-state index contributed by atoms with van der Waals surface area (Å²) in [5.74, 6) is 0.142. The van der Waals surface area contributed by atoms with E-state index in [0.29, 0.717) is 25.6 Å². The lowest BCUT2D eigenvalue weighted by atomic mass is 10.1. The monoisotopic (exact) mass is 330 g/mol. The second-order valence-electron chi connectivity index (χ2n) is 6.81. The molecule has 0 aromatic heterocycles. The van der Waals surface area contributed by atoms with Crippen LogP contribution in [-0.2, 0) is 16.0 Å². The molecule has 0 unspecified atom stereocenters. The molecule has 24 heavy (non-hydrogen) atoms. The Morgan fingerprint density at radius 2 is 1.79 bits per heavy atom. The second-order valence-corrected chi connectivity index (χ2v) is 6.81. The highest BCUT2D eigenvalue weighted by Gasteiger charge is 2.21. The lowest BCUT2D eigenvalue weighted by Gasteiger charge is -2.30. The number of rotatable bonds is 6. The van der Waals surface area contributed by atoms with Crippen molar-refractivity contribution >= 4 is 11.8 Å². The molecule has 0 heterocycles. The van der Waals surface area contributed by atoms with Gasteiger partial charge in [-0.05, 0) is 30.9 Å². The van der Waals surface area contributed by atoms with E-state index in [-0.39, 0.29) is 11.8 Å². The first kappa shape index (κ1) is 18.5. The van der Waals surface area contributed by atoms with E-state index in [2.05, 4.69) is 5.32 Å². The largest absolute Gasteiger partial charge is 0.354 e. The van der Waals surface area contributed by atoms with Crippen molar-refractivity contribution in [2.75, 3.05) is 13.1 Å². The number of carbonyl (C=O) groups is 2. The third-order valence-electron chi connectivity index (χ3n) is 4.96. The van der Waals surface area contributed by atoms with Crippen LogP contribution in [0.3, 0.4) is 0 Å². The molecule has 1 aromatic carbocycles. The molecule has 1 aliphatic rings. The first-order chi connectivity index (χ1) is 11.6. The maximum Gasteiger partial charge on any atom is 0.224 e. The zero-order valence-electron chi connectivity index (χ0n) is 15.0. The number of hydrogen-bond donors (Lipinski definition) is 1. The molecule has 0 saturated heterocycles. The van der Waals surface area contributed by atoms with Gasteiger partial charge in [0.15, 0.2) is 0 Å². The fourth-order valence-electron chi connectivity index (χ4n) is 3.53. The zero-order chi connectivity index (χ0) is 17.4. The highest BCUT2D eigenvalue weighted by molar-refractivity contribution is 5.79. The maximum absolute atomic E-state index is 12.1. The van der Waals surface area contributed by atoms with Crippen LogP contribution in [0.1, 0.15) is 56.6 Å². The minimum absolute atomic E-state index is 0.0219. The fourth-order valence-corrected chi connectivity index (χ4v) is 3.53. The normalized spacial score (nSPS) is 15.6. The molecule has 1 aromatic rings. The lowest BCUT2D eigenvalue weighted by molar-refractivity contribution is -0.132. The molecule has 4 heteroatoms. The van der Waals surface area contributed by atoms with E-state index in [1.54, 1.807) is 6.92 Å². The predicted molar refractivity (Wildman–Crippen MR) is 96.8 cm³/mol. The third-order valence-corrected chi connectivity index (χ3v) is 4.96. The van der Waals surface area contributed by atoms with Gasteiger partial charge < -0.3 is 10.2 Å². The quantitative estimate of drug-likeness (QED) is 0.814. The van der Waals surface area contributed by atoms with Crippen molar-refractivity contribution in [3.8, 4) is 0 Å². The summed E-state index contributed by atoms with van der Waals surface area (Å²) >= 11 is 0. The summed E-state index contributed by atoms with van der Waals surface area (Å²) in [4.78, 5) is 26.1. The van der Waals surface area contributed by atoms with Crippen molar-refractivity contribution in [2.45, 2.75) is 64.8 Å². The van der Waals surface area contributed by atoms with Gasteiger partial charge in [0.2, 0.25) is 11.8 Å². The van der Waals surface area contributed by atoms with E-state index in [4.69, 9.17) is 0 Å². The average Bonchev–Trinajstić information content (AvgIpc) is 2.82. The number of aryl methyl sites for hydroxylation is 1. The number of hydrogen-bond acceptors (Lipinski definition) is 2. The minimum Gasteiger partial charge on any atom is -0.354 e. The van der Waals surface area contributed by atoms with Crippen LogP contribution >= 0.6 is 0 Å². The smallest absolute Gasteiger partial charge is 0.224 e. The summed E-state index contributed by atoms with van der Waals surface area (Å²) in [5, 5.41) is 2.97. The second kappa shape index (κ2) is 9.45. The Hall–Kier alpha value is -1.84. The molecule has 0 aliphatic heterocycles. The van der Waals surface area contributed by atoms with Gasteiger partial charge in [-0.2, -0.15) is 0 Å². The molecule has 4 nitrogen and oxygen atoms in total. The summed E-state index contributed by atoms with van der Waals surface area (Å²) in [5.41, 5.74) is 2.19. The summed E-state index contributed by atoms with van der Waals surface area (Å²) in [6, 6.07) is 8.29. The standard InChI is InChI=1S/C20H30N2O2/c1-16-9-7-8-10-18(16)15-20(24)21-13-14-22(17(2)23)19-11-5-3-4-6-12-19/h7-10,19H,3-6,11-15H2,1-2H3,(H,21,24). The van der Waals surface area contributed by atoms with Crippen LogP contribution in [0.4, 0.5) is 0 Å². The number of carbonyl (C=O) groups excluding carboxylic acids is 2. The Kier molecular flexibility index (Phi) is 7.29. The molecule has 1 N–H and O–H groups in total. The minimum atomic E-state index is 0.0219. The van der Waals surface area contributed by atoms with Crippen LogP contribution in [0.5, 0.6) is 0 Å². The highest BCUT2D eigenvalue weighted by Crippen LogP contribution is 2.21. The Morgan fingerprint density at radius 3 is 2.42 bits per heavy atom. The van der Waals surface area contributed by atoms with E-state index >= 15 is 0 Å². The van der Waals surface area contributed by atoms with Gasteiger partial charge in [0.1, 0.15) is 0 Å². The molecule has 132 valence electrons. The third kappa shape index (κ3) is 5.66. The van der Waals surface area contributed by atoms with E-state index in [1.807, 2.05) is 36.1 Å². The lowest BCUT2D eigenvalue weighted by Crippen LogP contribution is -2.43. The average molecular weight is 330 g/mol. The highest BCUT2D eigenvalue weighted by atomic mass is 16.2. The summed E-state index contributed by atoms with van der Waals surface area (Å²) < 4.78 is 0. The number of nitrogens with zero attached hydrogens (tertiary/aromatic N) is 1. The van der Waals surface area contributed by atoms with Gasteiger partial charge in [0, 0.05) is 26.1 Å². The number of benzene rings is 1. The molecular formula is C20H30N2O2. The van der Waals surface area contributed by atoms with Crippen molar-refractivity contribution in [1.29, 1.82) is 0 Å². The van der Waals surface area contributed by atoms with Gasteiger partial charge in [-0.25, -0.2) is 0 Å². The number of amides is 2. The molecule has 0 radical (unpaired) electrons. The molecular weight excluding hydrogens is 300 g/mol. The summed E-state index contributed by atoms with van der Waals surface area (Å²) in [6.45, 7) is 4.80. The Balaban J connectivity index is 1.80. The maximum atomic E-state index is 12.1. The first-order valence-electron chi connectivity index (χ1n) is 9.16. The summed E-state index contributed by atoms with van der Waals surface area (Å²) in [6.07, 6.45) is 7.54. The van der Waals surface area contributed by atoms with Gasteiger partial charge in [0.05, 0.1) is 6.42 Å². The van der Waals surface area contributed by atoms with Crippen LogP contribution < -0.4 is 5.32 Å². The van der Waals surface area contributed by atoms with Crippen LogP contribution in [-0.4, -0.2) is 35.8 Å². The topological polar surface area (TPSA) is 49.4 Å². The van der Waals surface area contributed by atoms with Crippen molar-refractivity contribution in [3.05, 3.63) is 35.4 Å². The molecule has 0 atom stereocenters. The van der Waals surface area contributed by atoms with E-state index in [9.17, 15) is 9.59 Å². The molecule has 1 aliphatic carbocycles. The van der Waals surface area contributed by atoms with Crippen molar-refractivity contribution in [1.82, 2.24) is 10.2 Å². The summed E-state index contributed by atoms with van der Waals surface area (Å²) in [7, 11) is 0. The Bertz CT molecular complexity index is 548. The van der Waals surface area contributed by atoms with Gasteiger partial charge in [-0.15, -0.1) is 0 Å². The predicted octanol–water partition coefficient (Wildman–Crippen LogP) is 3.23. The zero-order valence-corrected chi connectivity index (χ0v) is 15.0. The van der Waals surface area contributed by atoms with Crippen LogP contribution in [0.25, 0.3) is 0 Å². The fraction of sp³-hybridized carbons (Fsp3) is 0.600. The number of nitrogens with one attached hydrogen (secondary N) is 1. The van der Waals surface area contributed by atoms with Crippen molar-refractivity contribution in [3.63, 3.8) is 0 Å². The van der Waals surface area contributed by atoms with E-state index < -0.39 is 0 Å². The van der Waals surface area contributed by atoms with Gasteiger partial charge in [-0.3, -0.25) is 9.59 Å². The van der Waals surface area contributed by atoms with Gasteiger partial charge in [-0.1, -0.05) is 49.9 Å². The SMILES string of the molecule is CC(=O)N(CCNC(=O)Cc1ccccc1C)C1CCCCCC1. The first-order valence-corrected chi connectivity index (χ1v) is 9.16. The van der Waals surface area contributed by atoms with E-state index in [1.165, 1.54) is 25.7 Å². The molecule has 2 amide bonds. The Labute approximate surface area is 145 Å². The van der Waals surface area contributed by atoms with Gasteiger partial charge in [0.25, 0.3) is 0 Å². The van der Waals surface area contributed by atoms with Crippen molar-refractivity contribution < 1.29 is 9.59 Å². The van der Waals surface area contributed by atoms with Crippen molar-refractivity contribution in [2.24, 2.45) is 0 Å². The molecule has 0 spiro atoms. The van der Waals surface area contributed by atoms with Crippen LogP contribution in [0.2, 0.25) is 0 Å². The molecule has 0 bridgehead atoms.